The minimum Gasteiger partial charge on any atom is -0.480 e. The smallest absolute Gasteiger partial charge is 0.325 e. The van der Waals surface area contributed by atoms with Gasteiger partial charge < -0.3 is 10.4 Å². The fraction of sp³-hybridized carbons (Fsp3) is 0.278. The lowest BCUT2D eigenvalue weighted by Gasteiger charge is -2.07. The van der Waals surface area contributed by atoms with Gasteiger partial charge >= 0.3 is 5.97 Å². The van der Waals surface area contributed by atoms with Gasteiger partial charge in [-0.3, -0.25) is 9.59 Å². The van der Waals surface area contributed by atoms with Gasteiger partial charge in [0.25, 0.3) is 5.91 Å². The quantitative estimate of drug-likeness (QED) is 0.680. The summed E-state index contributed by atoms with van der Waals surface area (Å²) in [5, 5.41) is 23.4. The predicted molar refractivity (Wildman–Crippen MR) is 96.6 cm³/mol. The summed E-state index contributed by atoms with van der Waals surface area (Å²) in [6, 6.07) is 7.81. The molecule has 0 atom stereocenters. The molecule has 0 aliphatic carbocycles. The summed E-state index contributed by atoms with van der Waals surface area (Å²) in [7, 11) is 0. The fourth-order valence-electron chi connectivity index (χ4n) is 2.82. The SMILES string of the molecule is Cc1cc(C)cc(-n2nc(C(=O)NCc3cn(CC(=O)O)nn3)cc2C)c1. The Kier molecular flexibility index (Phi) is 5.02. The molecule has 0 radical (unpaired) electrons. The lowest BCUT2D eigenvalue weighted by Crippen LogP contribution is -2.23. The highest BCUT2D eigenvalue weighted by atomic mass is 16.4. The molecule has 140 valence electrons. The van der Waals surface area contributed by atoms with E-state index in [1.54, 1.807) is 10.7 Å². The Balaban J connectivity index is 1.70. The first-order valence-electron chi connectivity index (χ1n) is 8.36. The van der Waals surface area contributed by atoms with E-state index in [0.717, 1.165) is 22.5 Å². The zero-order valence-electron chi connectivity index (χ0n) is 15.3. The number of carbonyl (C=O) groups excluding carboxylic acids is 1. The molecule has 0 unspecified atom stereocenters. The topological polar surface area (TPSA) is 115 Å². The molecule has 0 saturated carbocycles. The molecule has 0 aliphatic rings. The highest BCUT2D eigenvalue weighted by Gasteiger charge is 2.14. The van der Waals surface area contributed by atoms with Gasteiger partial charge in [-0.25, -0.2) is 9.36 Å². The van der Waals surface area contributed by atoms with Gasteiger partial charge in [-0.2, -0.15) is 5.10 Å². The Morgan fingerprint density at radius 3 is 2.48 bits per heavy atom. The van der Waals surface area contributed by atoms with Crippen molar-refractivity contribution in [2.24, 2.45) is 0 Å². The summed E-state index contributed by atoms with van der Waals surface area (Å²) < 4.78 is 2.93. The lowest BCUT2D eigenvalue weighted by atomic mass is 10.1. The van der Waals surface area contributed by atoms with Crippen molar-refractivity contribution in [3.05, 3.63) is 58.7 Å². The van der Waals surface area contributed by atoms with Crippen molar-refractivity contribution in [2.75, 3.05) is 0 Å². The molecule has 2 heterocycles. The monoisotopic (exact) mass is 368 g/mol. The summed E-state index contributed by atoms with van der Waals surface area (Å²) in [4.78, 5) is 23.1. The number of aryl methyl sites for hydroxylation is 3. The number of aromatic nitrogens is 5. The van der Waals surface area contributed by atoms with Crippen LogP contribution in [-0.2, 0) is 17.9 Å². The van der Waals surface area contributed by atoms with Crippen LogP contribution in [0.1, 0.15) is 33.0 Å². The van der Waals surface area contributed by atoms with Crippen LogP contribution >= 0.6 is 0 Å². The van der Waals surface area contributed by atoms with Crippen LogP contribution in [0.3, 0.4) is 0 Å². The average molecular weight is 368 g/mol. The van der Waals surface area contributed by atoms with E-state index < -0.39 is 5.97 Å². The molecule has 2 N–H and O–H groups in total. The molecule has 0 bridgehead atoms. The van der Waals surface area contributed by atoms with Crippen molar-refractivity contribution in [1.29, 1.82) is 0 Å². The Hall–Kier alpha value is -3.49. The van der Waals surface area contributed by atoms with Gasteiger partial charge in [-0.15, -0.1) is 5.10 Å². The van der Waals surface area contributed by atoms with Crippen LogP contribution in [0.4, 0.5) is 0 Å². The number of hydrogen-bond acceptors (Lipinski definition) is 5. The number of benzene rings is 1. The van der Waals surface area contributed by atoms with Crippen LogP contribution in [0.15, 0.2) is 30.5 Å². The Bertz CT molecular complexity index is 984. The summed E-state index contributed by atoms with van der Waals surface area (Å²) in [6.07, 6.45) is 1.48. The van der Waals surface area contributed by atoms with Crippen LogP contribution in [0.2, 0.25) is 0 Å². The van der Waals surface area contributed by atoms with E-state index in [1.165, 1.54) is 10.9 Å². The number of aliphatic carboxylic acids is 1. The zero-order valence-corrected chi connectivity index (χ0v) is 15.3. The molecule has 0 saturated heterocycles. The van der Waals surface area contributed by atoms with E-state index >= 15 is 0 Å². The van der Waals surface area contributed by atoms with Crippen molar-refractivity contribution < 1.29 is 14.7 Å². The maximum atomic E-state index is 12.4. The summed E-state index contributed by atoms with van der Waals surface area (Å²) >= 11 is 0. The van der Waals surface area contributed by atoms with E-state index in [9.17, 15) is 9.59 Å². The summed E-state index contributed by atoms with van der Waals surface area (Å²) in [5.41, 5.74) is 4.75. The van der Waals surface area contributed by atoms with E-state index in [1.807, 2.05) is 32.9 Å². The molecule has 3 rings (SSSR count). The standard InChI is InChI=1S/C18H20N6O3/c1-11-4-12(2)6-15(5-11)24-13(3)7-16(21-24)18(27)19-8-14-9-23(22-20-14)10-17(25)26/h4-7,9H,8,10H2,1-3H3,(H,19,27)(H,25,26). The minimum absolute atomic E-state index is 0.133. The first-order valence-corrected chi connectivity index (χ1v) is 8.36. The Labute approximate surface area is 155 Å². The third-order valence-corrected chi connectivity index (χ3v) is 3.88. The minimum atomic E-state index is -1.01. The van der Waals surface area contributed by atoms with Crippen molar-refractivity contribution in [2.45, 2.75) is 33.9 Å². The fourth-order valence-corrected chi connectivity index (χ4v) is 2.82. The van der Waals surface area contributed by atoms with Crippen molar-refractivity contribution >= 4 is 11.9 Å². The molecule has 27 heavy (non-hydrogen) atoms. The molecule has 9 heteroatoms. The van der Waals surface area contributed by atoms with Crippen LogP contribution < -0.4 is 5.32 Å². The molecule has 0 aliphatic heterocycles. The summed E-state index contributed by atoms with van der Waals surface area (Å²) in [6.45, 7) is 5.77. The van der Waals surface area contributed by atoms with Crippen LogP contribution in [0.5, 0.6) is 0 Å². The molecule has 1 amide bonds. The second kappa shape index (κ2) is 7.40. The van der Waals surface area contributed by atoms with Crippen LogP contribution in [-0.4, -0.2) is 41.8 Å². The normalized spacial score (nSPS) is 10.8. The second-order valence-electron chi connectivity index (χ2n) is 6.41. The Morgan fingerprint density at radius 2 is 1.81 bits per heavy atom. The van der Waals surface area contributed by atoms with Gasteiger partial charge in [0.1, 0.15) is 12.2 Å². The molecule has 2 aromatic heterocycles. The average Bonchev–Trinajstić information content (AvgIpc) is 3.17. The van der Waals surface area contributed by atoms with Crippen LogP contribution in [0.25, 0.3) is 5.69 Å². The third kappa shape index (κ3) is 4.38. The second-order valence-corrected chi connectivity index (χ2v) is 6.41. The van der Waals surface area contributed by atoms with E-state index in [-0.39, 0.29) is 19.0 Å². The van der Waals surface area contributed by atoms with E-state index in [4.69, 9.17) is 5.11 Å². The van der Waals surface area contributed by atoms with Gasteiger partial charge in [-0.05, 0) is 50.1 Å². The number of carboxylic acids is 1. The van der Waals surface area contributed by atoms with Gasteiger partial charge in [0.15, 0.2) is 5.69 Å². The van der Waals surface area contributed by atoms with Gasteiger partial charge in [0.05, 0.1) is 18.4 Å². The van der Waals surface area contributed by atoms with Gasteiger partial charge in [0, 0.05) is 5.69 Å². The van der Waals surface area contributed by atoms with Crippen molar-refractivity contribution in [1.82, 2.24) is 30.1 Å². The first kappa shape index (κ1) is 18.3. The van der Waals surface area contributed by atoms with Crippen molar-refractivity contribution in [3.8, 4) is 5.69 Å². The highest BCUT2D eigenvalue weighted by molar-refractivity contribution is 5.92. The van der Waals surface area contributed by atoms with Gasteiger partial charge in [-0.1, -0.05) is 11.3 Å². The molecule has 0 fully saturated rings. The zero-order chi connectivity index (χ0) is 19.6. The number of amides is 1. The third-order valence-electron chi connectivity index (χ3n) is 3.88. The first-order chi connectivity index (χ1) is 12.8. The number of nitrogens with zero attached hydrogens (tertiary/aromatic N) is 5. The lowest BCUT2D eigenvalue weighted by molar-refractivity contribution is -0.137. The van der Waals surface area contributed by atoms with Crippen molar-refractivity contribution in [3.63, 3.8) is 0 Å². The molecular weight excluding hydrogens is 348 g/mol. The molecule has 1 aromatic carbocycles. The number of carbonyl (C=O) groups is 2. The molecule has 0 spiro atoms. The highest BCUT2D eigenvalue weighted by Crippen LogP contribution is 2.16. The van der Waals surface area contributed by atoms with Gasteiger partial charge in [0.2, 0.25) is 0 Å². The number of nitrogens with one attached hydrogen (secondary N) is 1. The Morgan fingerprint density at radius 1 is 1.11 bits per heavy atom. The van der Waals surface area contributed by atoms with Crippen LogP contribution in [0, 0.1) is 20.8 Å². The number of carboxylic acid groups (broad SMARTS) is 1. The molecule has 9 nitrogen and oxygen atoms in total. The maximum Gasteiger partial charge on any atom is 0.325 e. The molecular formula is C18H20N6O3. The predicted octanol–water partition coefficient (Wildman–Crippen LogP) is 1.40. The number of hydrogen-bond donors (Lipinski definition) is 2. The summed E-state index contributed by atoms with van der Waals surface area (Å²) in [5.74, 6) is -1.35. The van der Waals surface area contributed by atoms with E-state index in [2.05, 4.69) is 26.8 Å². The number of rotatable bonds is 6. The van der Waals surface area contributed by atoms with E-state index in [0.29, 0.717) is 11.4 Å². The maximum absolute atomic E-state index is 12.4. The molecule has 3 aromatic rings. The largest absolute Gasteiger partial charge is 0.480 e.